The van der Waals surface area contributed by atoms with E-state index in [0.717, 1.165) is 6.42 Å². The van der Waals surface area contributed by atoms with Gasteiger partial charge in [-0.05, 0) is 62.6 Å². The maximum atomic E-state index is 2.38. The third kappa shape index (κ3) is 4.22. The summed E-state index contributed by atoms with van der Waals surface area (Å²) in [6.07, 6.45) is 10.6. The van der Waals surface area contributed by atoms with Crippen LogP contribution in [0.25, 0.3) is 0 Å². The van der Waals surface area contributed by atoms with Crippen molar-refractivity contribution < 1.29 is 0 Å². The van der Waals surface area contributed by atoms with Gasteiger partial charge in [-0.1, -0.05) is 37.3 Å². The molecule has 0 aliphatic rings. The summed E-state index contributed by atoms with van der Waals surface area (Å²) < 4.78 is 0. The maximum absolute atomic E-state index is 2.38. The highest BCUT2D eigenvalue weighted by molar-refractivity contribution is 5.31. The van der Waals surface area contributed by atoms with Crippen molar-refractivity contribution in [2.24, 2.45) is 0 Å². The van der Waals surface area contributed by atoms with Gasteiger partial charge in [-0.15, -0.1) is 0 Å². The van der Waals surface area contributed by atoms with E-state index in [9.17, 15) is 0 Å². The predicted octanol–water partition coefficient (Wildman–Crippen LogP) is 4.85. The monoisotopic (exact) mass is 216 g/mol. The molecule has 0 spiro atoms. The standard InChI is InChI=1S/C16H24/c1-4-6-7-8-9-10-16-13-15(5-2)12-11-14(16)3/h4,6,11-13H,5,7-10H2,1-3H3. The second-order valence-corrected chi connectivity index (χ2v) is 4.43. The average Bonchev–Trinajstić information content (AvgIpc) is 2.31. The number of hydrogen-bond acceptors (Lipinski definition) is 0. The summed E-state index contributed by atoms with van der Waals surface area (Å²) in [5, 5.41) is 0. The van der Waals surface area contributed by atoms with Crippen molar-refractivity contribution in [2.45, 2.75) is 52.9 Å². The van der Waals surface area contributed by atoms with Crippen LogP contribution in [0.1, 0.15) is 49.8 Å². The summed E-state index contributed by atoms with van der Waals surface area (Å²) in [6, 6.07) is 6.89. The molecule has 0 saturated heterocycles. The fourth-order valence-corrected chi connectivity index (χ4v) is 1.96. The number of rotatable bonds is 6. The minimum Gasteiger partial charge on any atom is -0.0917 e. The molecule has 0 bridgehead atoms. The molecule has 0 amide bonds. The van der Waals surface area contributed by atoms with Crippen molar-refractivity contribution in [2.75, 3.05) is 0 Å². The molecule has 0 N–H and O–H groups in total. The van der Waals surface area contributed by atoms with Gasteiger partial charge in [0, 0.05) is 0 Å². The normalized spacial score (nSPS) is 11.2. The summed E-state index contributed by atoms with van der Waals surface area (Å²) in [5.74, 6) is 0. The predicted molar refractivity (Wildman–Crippen MR) is 72.9 cm³/mol. The highest BCUT2D eigenvalue weighted by atomic mass is 14.0. The quantitative estimate of drug-likeness (QED) is 0.471. The average molecular weight is 216 g/mol. The Kier molecular flexibility index (Phi) is 5.92. The van der Waals surface area contributed by atoms with Gasteiger partial charge in [0.05, 0.1) is 0 Å². The van der Waals surface area contributed by atoms with Crippen LogP contribution in [0.15, 0.2) is 30.4 Å². The lowest BCUT2D eigenvalue weighted by molar-refractivity contribution is 0.744. The minimum atomic E-state index is 1.14. The van der Waals surface area contributed by atoms with Gasteiger partial charge in [-0.2, -0.15) is 0 Å². The molecule has 16 heavy (non-hydrogen) atoms. The first-order valence-corrected chi connectivity index (χ1v) is 6.47. The molecule has 0 unspecified atom stereocenters. The molecule has 1 aromatic rings. The molecule has 0 heteroatoms. The minimum absolute atomic E-state index is 1.14. The summed E-state index contributed by atoms with van der Waals surface area (Å²) in [6.45, 7) is 6.54. The zero-order valence-corrected chi connectivity index (χ0v) is 10.9. The molecule has 88 valence electrons. The van der Waals surface area contributed by atoms with Crippen LogP contribution in [0.4, 0.5) is 0 Å². The second kappa shape index (κ2) is 7.27. The van der Waals surface area contributed by atoms with Gasteiger partial charge in [0.25, 0.3) is 0 Å². The summed E-state index contributed by atoms with van der Waals surface area (Å²) >= 11 is 0. The van der Waals surface area contributed by atoms with Crippen LogP contribution >= 0.6 is 0 Å². The summed E-state index contributed by atoms with van der Waals surface area (Å²) in [4.78, 5) is 0. The Labute approximate surface area is 100 Å². The molecule has 0 aliphatic heterocycles. The molecular formula is C16H24. The summed E-state index contributed by atoms with van der Waals surface area (Å²) in [5.41, 5.74) is 4.46. The van der Waals surface area contributed by atoms with Crippen LogP contribution in [-0.2, 0) is 12.8 Å². The molecular weight excluding hydrogens is 192 g/mol. The van der Waals surface area contributed by atoms with Gasteiger partial charge in [-0.3, -0.25) is 0 Å². The van der Waals surface area contributed by atoms with E-state index in [0.29, 0.717) is 0 Å². The largest absolute Gasteiger partial charge is 0.0917 e. The fourth-order valence-electron chi connectivity index (χ4n) is 1.96. The van der Waals surface area contributed by atoms with Crippen molar-refractivity contribution in [1.29, 1.82) is 0 Å². The zero-order chi connectivity index (χ0) is 11.8. The van der Waals surface area contributed by atoms with Crippen LogP contribution in [0, 0.1) is 6.92 Å². The Morgan fingerprint density at radius 1 is 1.19 bits per heavy atom. The van der Waals surface area contributed by atoms with E-state index in [2.05, 4.69) is 51.1 Å². The SMILES string of the molecule is CC=CCCCCc1cc(CC)ccc1C. The van der Waals surface area contributed by atoms with Gasteiger partial charge in [0.15, 0.2) is 0 Å². The molecule has 0 aromatic heterocycles. The van der Waals surface area contributed by atoms with Crippen molar-refractivity contribution in [3.05, 3.63) is 47.0 Å². The molecule has 0 saturated carbocycles. The lowest BCUT2D eigenvalue weighted by atomic mass is 9.99. The van der Waals surface area contributed by atoms with E-state index < -0.39 is 0 Å². The van der Waals surface area contributed by atoms with Gasteiger partial charge in [-0.25, -0.2) is 0 Å². The Morgan fingerprint density at radius 3 is 2.69 bits per heavy atom. The smallest absolute Gasteiger partial charge is 0.0276 e. The Morgan fingerprint density at radius 2 is 2.00 bits per heavy atom. The molecule has 1 rings (SSSR count). The van der Waals surface area contributed by atoms with Crippen molar-refractivity contribution in [1.82, 2.24) is 0 Å². The molecule has 0 atom stereocenters. The van der Waals surface area contributed by atoms with Gasteiger partial charge < -0.3 is 0 Å². The van der Waals surface area contributed by atoms with E-state index in [1.54, 1.807) is 5.56 Å². The topological polar surface area (TPSA) is 0 Å². The number of allylic oxidation sites excluding steroid dienone is 2. The summed E-state index contributed by atoms with van der Waals surface area (Å²) in [7, 11) is 0. The van der Waals surface area contributed by atoms with E-state index in [-0.39, 0.29) is 0 Å². The van der Waals surface area contributed by atoms with Crippen LogP contribution in [0.3, 0.4) is 0 Å². The van der Waals surface area contributed by atoms with E-state index >= 15 is 0 Å². The zero-order valence-electron chi connectivity index (χ0n) is 10.9. The van der Waals surface area contributed by atoms with Crippen LogP contribution in [0.5, 0.6) is 0 Å². The molecule has 1 aromatic carbocycles. The highest BCUT2D eigenvalue weighted by Crippen LogP contribution is 2.15. The molecule has 0 nitrogen and oxygen atoms in total. The number of aryl methyl sites for hydroxylation is 3. The molecule has 0 heterocycles. The number of unbranched alkanes of at least 4 members (excludes halogenated alkanes) is 2. The molecule has 0 aliphatic carbocycles. The molecule has 0 fully saturated rings. The first-order chi connectivity index (χ1) is 7.77. The molecule has 0 radical (unpaired) electrons. The number of hydrogen-bond donors (Lipinski definition) is 0. The van der Waals surface area contributed by atoms with Crippen LogP contribution < -0.4 is 0 Å². The van der Waals surface area contributed by atoms with Crippen molar-refractivity contribution in [3.63, 3.8) is 0 Å². The van der Waals surface area contributed by atoms with Crippen molar-refractivity contribution >= 4 is 0 Å². The fraction of sp³-hybridized carbons (Fsp3) is 0.500. The third-order valence-corrected chi connectivity index (χ3v) is 3.12. The maximum Gasteiger partial charge on any atom is -0.0276 e. The van der Waals surface area contributed by atoms with E-state index in [4.69, 9.17) is 0 Å². The highest BCUT2D eigenvalue weighted by Gasteiger charge is 1.99. The first kappa shape index (κ1) is 13.0. The number of benzene rings is 1. The lowest BCUT2D eigenvalue weighted by Gasteiger charge is -2.07. The Balaban J connectivity index is 2.46. The third-order valence-electron chi connectivity index (χ3n) is 3.12. The van der Waals surface area contributed by atoms with Crippen LogP contribution in [0.2, 0.25) is 0 Å². The first-order valence-electron chi connectivity index (χ1n) is 6.47. The van der Waals surface area contributed by atoms with Gasteiger partial charge in [0.1, 0.15) is 0 Å². The second-order valence-electron chi connectivity index (χ2n) is 4.43. The van der Waals surface area contributed by atoms with Gasteiger partial charge >= 0.3 is 0 Å². The van der Waals surface area contributed by atoms with Gasteiger partial charge in [0.2, 0.25) is 0 Å². The Bertz CT molecular complexity index is 334. The van der Waals surface area contributed by atoms with Crippen LogP contribution in [-0.4, -0.2) is 0 Å². The van der Waals surface area contributed by atoms with E-state index in [1.165, 1.54) is 36.8 Å². The van der Waals surface area contributed by atoms with Crippen molar-refractivity contribution in [3.8, 4) is 0 Å². The lowest BCUT2D eigenvalue weighted by Crippen LogP contribution is -1.92. The Hall–Kier alpha value is -1.04. The van der Waals surface area contributed by atoms with E-state index in [1.807, 2.05) is 0 Å².